The molecule has 2 aromatic carbocycles. The number of aliphatic hydroxyl groups excluding tert-OH is 3. The summed E-state index contributed by atoms with van der Waals surface area (Å²) in [5.74, 6) is 0.854. The van der Waals surface area contributed by atoms with Crippen molar-refractivity contribution in [2.45, 2.75) is 57.7 Å². The molecule has 146 valence electrons. The number of hydrogen-bond acceptors (Lipinski definition) is 5. The molecule has 0 radical (unpaired) electrons. The minimum Gasteiger partial charge on any atom is -0.494 e. The Bertz CT molecular complexity index is 758. The van der Waals surface area contributed by atoms with Gasteiger partial charge >= 0.3 is 0 Å². The number of rotatable bonds is 5. The molecule has 3 N–H and O–H groups in total. The van der Waals surface area contributed by atoms with Crippen molar-refractivity contribution in [3.8, 4) is 5.75 Å². The van der Waals surface area contributed by atoms with Gasteiger partial charge in [0.2, 0.25) is 0 Å². The maximum absolute atomic E-state index is 10.4. The number of aryl methyl sites for hydroxylation is 1. The second-order valence-electron chi connectivity index (χ2n) is 7.17. The lowest BCUT2D eigenvalue weighted by Gasteiger charge is -2.39. The molecular formula is C22H28O5. The molecule has 0 bridgehead atoms. The Morgan fingerprint density at radius 2 is 1.67 bits per heavy atom. The van der Waals surface area contributed by atoms with E-state index in [2.05, 4.69) is 0 Å². The first-order valence-corrected chi connectivity index (χ1v) is 9.41. The molecule has 4 unspecified atom stereocenters. The molecule has 0 saturated carbocycles. The van der Waals surface area contributed by atoms with E-state index in [-0.39, 0.29) is 0 Å². The molecule has 1 aliphatic heterocycles. The molecule has 1 heterocycles. The van der Waals surface area contributed by atoms with Gasteiger partial charge in [-0.1, -0.05) is 30.3 Å². The van der Waals surface area contributed by atoms with Crippen molar-refractivity contribution in [3.63, 3.8) is 0 Å². The number of ether oxygens (including phenoxy) is 2. The second-order valence-corrected chi connectivity index (χ2v) is 7.17. The van der Waals surface area contributed by atoms with E-state index in [0.717, 1.165) is 34.4 Å². The Labute approximate surface area is 160 Å². The minimum absolute atomic E-state index is 0.552. The predicted octanol–water partition coefficient (Wildman–Crippen LogP) is 2.53. The van der Waals surface area contributed by atoms with E-state index in [1.165, 1.54) is 0 Å². The van der Waals surface area contributed by atoms with Crippen LogP contribution in [0.1, 0.15) is 42.2 Å². The van der Waals surface area contributed by atoms with E-state index in [9.17, 15) is 15.3 Å². The predicted molar refractivity (Wildman–Crippen MR) is 103 cm³/mol. The smallest absolute Gasteiger partial charge is 0.119 e. The van der Waals surface area contributed by atoms with Crippen LogP contribution < -0.4 is 4.74 Å². The van der Waals surface area contributed by atoms with Crippen LogP contribution in [0.15, 0.2) is 42.5 Å². The Kier molecular flexibility index (Phi) is 6.17. The van der Waals surface area contributed by atoms with Crippen molar-refractivity contribution in [2.75, 3.05) is 6.61 Å². The molecular weight excluding hydrogens is 344 g/mol. The molecule has 27 heavy (non-hydrogen) atoms. The van der Waals surface area contributed by atoms with Crippen LogP contribution in [0.3, 0.4) is 0 Å². The third-order valence-corrected chi connectivity index (χ3v) is 5.18. The average molecular weight is 372 g/mol. The van der Waals surface area contributed by atoms with Crippen LogP contribution in [-0.2, 0) is 11.2 Å². The summed E-state index contributed by atoms with van der Waals surface area (Å²) >= 11 is 0. The van der Waals surface area contributed by atoms with Gasteiger partial charge in [-0.3, -0.25) is 0 Å². The minimum atomic E-state index is -1.23. The molecule has 5 nitrogen and oxygen atoms in total. The van der Waals surface area contributed by atoms with E-state index in [1.54, 1.807) is 6.92 Å². The van der Waals surface area contributed by atoms with Crippen LogP contribution in [0.25, 0.3) is 0 Å². The highest BCUT2D eigenvalue weighted by molar-refractivity contribution is 5.38. The molecule has 0 amide bonds. The average Bonchev–Trinajstić information content (AvgIpc) is 2.66. The van der Waals surface area contributed by atoms with Gasteiger partial charge in [0.25, 0.3) is 0 Å². The van der Waals surface area contributed by atoms with E-state index >= 15 is 0 Å². The van der Waals surface area contributed by atoms with Gasteiger partial charge in [0.05, 0.1) is 12.7 Å². The number of hydrogen-bond donors (Lipinski definition) is 3. The third-order valence-electron chi connectivity index (χ3n) is 5.18. The largest absolute Gasteiger partial charge is 0.494 e. The van der Waals surface area contributed by atoms with Crippen molar-refractivity contribution in [1.82, 2.24) is 0 Å². The molecule has 3 rings (SSSR count). The highest BCUT2D eigenvalue weighted by Gasteiger charge is 2.42. The zero-order valence-corrected chi connectivity index (χ0v) is 16.0. The summed E-state index contributed by atoms with van der Waals surface area (Å²) in [5.41, 5.74) is 4.23. The van der Waals surface area contributed by atoms with Crippen LogP contribution >= 0.6 is 0 Å². The van der Waals surface area contributed by atoms with Crippen molar-refractivity contribution in [3.05, 3.63) is 64.7 Å². The van der Waals surface area contributed by atoms with Gasteiger partial charge < -0.3 is 24.8 Å². The summed E-state index contributed by atoms with van der Waals surface area (Å²) in [6.07, 6.45) is -3.96. The van der Waals surface area contributed by atoms with Crippen LogP contribution in [0.4, 0.5) is 0 Å². The molecule has 2 aromatic rings. The van der Waals surface area contributed by atoms with Gasteiger partial charge in [-0.15, -0.1) is 0 Å². The fraction of sp³-hybridized carbons (Fsp3) is 0.455. The molecule has 1 fully saturated rings. The van der Waals surface area contributed by atoms with Gasteiger partial charge in [0.1, 0.15) is 30.2 Å². The van der Waals surface area contributed by atoms with Gasteiger partial charge in [0, 0.05) is 0 Å². The van der Waals surface area contributed by atoms with Crippen molar-refractivity contribution in [1.29, 1.82) is 0 Å². The van der Waals surface area contributed by atoms with E-state index in [0.29, 0.717) is 6.61 Å². The van der Waals surface area contributed by atoms with Crippen LogP contribution in [0.5, 0.6) is 5.75 Å². The lowest BCUT2D eigenvalue weighted by Crippen LogP contribution is -2.53. The van der Waals surface area contributed by atoms with Crippen LogP contribution in [0, 0.1) is 6.92 Å². The molecule has 0 aromatic heterocycles. The highest BCUT2D eigenvalue weighted by atomic mass is 16.5. The van der Waals surface area contributed by atoms with Crippen molar-refractivity contribution >= 4 is 0 Å². The molecule has 1 aliphatic rings. The topological polar surface area (TPSA) is 79.2 Å². The molecule has 5 heteroatoms. The molecule has 5 atom stereocenters. The zero-order chi connectivity index (χ0) is 19.6. The van der Waals surface area contributed by atoms with E-state index < -0.39 is 30.5 Å². The highest BCUT2D eigenvalue weighted by Crippen LogP contribution is 2.33. The first-order chi connectivity index (χ1) is 12.9. The fourth-order valence-corrected chi connectivity index (χ4v) is 3.48. The summed E-state index contributed by atoms with van der Waals surface area (Å²) < 4.78 is 11.3. The zero-order valence-electron chi connectivity index (χ0n) is 16.0. The summed E-state index contributed by atoms with van der Waals surface area (Å²) in [4.78, 5) is 0. The lowest BCUT2D eigenvalue weighted by atomic mass is 9.89. The quantitative estimate of drug-likeness (QED) is 0.752. The van der Waals surface area contributed by atoms with Gasteiger partial charge in [-0.2, -0.15) is 0 Å². The SMILES string of the molecule is CCOc1ccc(Cc2cc([C@H]3OC(C)C(O)C(O)C3O)ccc2C)cc1. The first kappa shape index (κ1) is 19.8. The Morgan fingerprint density at radius 1 is 0.963 bits per heavy atom. The van der Waals surface area contributed by atoms with Gasteiger partial charge in [-0.05, 0) is 61.6 Å². The van der Waals surface area contributed by atoms with Gasteiger partial charge in [-0.25, -0.2) is 0 Å². The Morgan fingerprint density at radius 3 is 2.33 bits per heavy atom. The molecule has 0 aliphatic carbocycles. The van der Waals surface area contributed by atoms with Gasteiger partial charge in [0.15, 0.2) is 0 Å². The van der Waals surface area contributed by atoms with E-state index in [1.807, 2.05) is 56.3 Å². The monoisotopic (exact) mass is 372 g/mol. The number of benzene rings is 2. The van der Waals surface area contributed by atoms with E-state index in [4.69, 9.17) is 9.47 Å². The van der Waals surface area contributed by atoms with Crippen LogP contribution in [0.2, 0.25) is 0 Å². The maximum atomic E-state index is 10.4. The normalized spacial score (nSPS) is 28.1. The second kappa shape index (κ2) is 8.40. The Balaban J connectivity index is 1.82. The summed E-state index contributed by atoms with van der Waals surface area (Å²) in [5, 5.41) is 30.3. The summed E-state index contributed by atoms with van der Waals surface area (Å²) in [6.45, 7) is 6.35. The summed E-state index contributed by atoms with van der Waals surface area (Å²) in [6, 6.07) is 13.9. The lowest BCUT2D eigenvalue weighted by molar-refractivity contribution is -0.219. The van der Waals surface area contributed by atoms with Crippen LogP contribution in [-0.4, -0.2) is 46.3 Å². The molecule has 1 saturated heterocycles. The third kappa shape index (κ3) is 4.33. The number of aliphatic hydroxyl groups is 3. The van der Waals surface area contributed by atoms with Crippen molar-refractivity contribution < 1.29 is 24.8 Å². The summed E-state index contributed by atoms with van der Waals surface area (Å²) in [7, 11) is 0. The first-order valence-electron chi connectivity index (χ1n) is 9.41. The molecule has 0 spiro atoms. The fourth-order valence-electron chi connectivity index (χ4n) is 3.48. The maximum Gasteiger partial charge on any atom is 0.119 e. The standard InChI is InChI=1S/C22H28O5/c1-4-26-18-9-6-15(7-10-18)11-17-12-16(8-5-13(17)2)22-21(25)20(24)19(23)14(3)27-22/h5-10,12,14,19-25H,4,11H2,1-3H3/t14?,19?,20?,21?,22-/m1/s1. The Hall–Kier alpha value is -1.92. The van der Waals surface area contributed by atoms with Crippen molar-refractivity contribution in [2.24, 2.45) is 0 Å².